The van der Waals surface area contributed by atoms with Crippen LogP contribution in [-0.2, 0) is 13.2 Å². The lowest BCUT2D eigenvalue weighted by Gasteiger charge is -2.17. The van der Waals surface area contributed by atoms with E-state index >= 15 is 0 Å². The number of aliphatic hydroxyl groups excluding tert-OH is 2. The number of hydrogen-bond acceptors (Lipinski definition) is 2. The molecule has 2 N–H and O–H groups in total. The summed E-state index contributed by atoms with van der Waals surface area (Å²) in [6, 6.07) is 11.8. The Morgan fingerprint density at radius 1 is 0.722 bits per heavy atom. The van der Waals surface area contributed by atoms with Gasteiger partial charge in [0, 0.05) is 0 Å². The maximum Gasteiger partial charge on any atom is 0.0687 e. The predicted molar refractivity (Wildman–Crippen MR) is 73.2 cm³/mol. The molecule has 18 heavy (non-hydrogen) atoms. The van der Waals surface area contributed by atoms with Gasteiger partial charge in [-0.3, -0.25) is 0 Å². The molecule has 0 aromatic heterocycles. The van der Waals surface area contributed by atoms with E-state index in [2.05, 4.69) is 0 Å². The molecule has 0 radical (unpaired) electrons. The van der Waals surface area contributed by atoms with Crippen LogP contribution in [0.15, 0.2) is 36.4 Å². The number of aliphatic hydroxyl groups is 2. The average molecular weight is 242 g/mol. The van der Waals surface area contributed by atoms with E-state index in [1.54, 1.807) is 0 Å². The Hall–Kier alpha value is -1.64. The summed E-state index contributed by atoms with van der Waals surface area (Å²) in [7, 11) is 0. The standard InChI is InChI=1S/C16H18O2/c1-11-5-3-7-13(9-17)15(11)16-12(2)6-4-8-14(16)10-18/h3-8,17-18H,9-10H2,1-2H3. The van der Waals surface area contributed by atoms with Crippen LogP contribution in [0.5, 0.6) is 0 Å². The smallest absolute Gasteiger partial charge is 0.0687 e. The fourth-order valence-electron chi connectivity index (χ4n) is 2.44. The van der Waals surface area contributed by atoms with Crippen LogP contribution in [0.4, 0.5) is 0 Å². The first-order valence-electron chi connectivity index (χ1n) is 6.08. The van der Waals surface area contributed by atoms with Gasteiger partial charge in [-0.2, -0.15) is 0 Å². The van der Waals surface area contributed by atoms with Gasteiger partial charge in [-0.1, -0.05) is 36.4 Å². The number of hydrogen-bond donors (Lipinski definition) is 2. The van der Waals surface area contributed by atoms with Crippen molar-refractivity contribution in [2.45, 2.75) is 27.1 Å². The zero-order valence-electron chi connectivity index (χ0n) is 10.8. The summed E-state index contributed by atoms with van der Waals surface area (Å²) in [5.74, 6) is 0. The number of benzene rings is 2. The molecule has 94 valence electrons. The third-order valence-corrected chi connectivity index (χ3v) is 3.31. The first kappa shape index (κ1) is 12.8. The van der Waals surface area contributed by atoms with E-state index in [9.17, 15) is 10.2 Å². The number of rotatable bonds is 3. The van der Waals surface area contributed by atoms with Crippen LogP contribution < -0.4 is 0 Å². The highest BCUT2D eigenvalue weighted by Crippen LogP contribution is 2.33. The molecule has 0 heterocycles. The van der Waals surface area contributed by atoms with E-state index in [1.807, 2.05) is 50.2 Å². The van der Waals surface area contributed by atoms with Crippen LogP contribution in [0.3, 0.4) is 0 Å². The lowest BCUT2D eigenvalue weighted by Crippen LogP contribution is -1.99. The summed E-state index contributed by atoms with van der Waals surface area (Å²) < 4.78 is 0. The molecule has 2 heteroatoms. The van der Waals surface area contributed by atoms with Crippen molar-refractivity contribution in [1.82, 2.24) is 0 Å². The molecule has 0 aliphatic heterocycles. The van der Waals surface area contributed by atoms with Crippen molar-refractivity contribution in [3.63, 3.8) is 0 Å². The van der Waals surface area contributed by atoms with Gasteiger partial charge >= 0.3 is 0 Å². The maximum absolute atomic E-state index is 9.50. The highest BCUT2D eigenvalue weighted by Gasteiger charge is 2.13. The molecule has 0 bridgehead atoms. The Morgan fingerprint density at radius 2 is 1.11 bits per heavy atom. The topological polar surface area (TPSA) is 40.5 Å². The van der Waals surface area contributed by atoms with Crippen LogP contribution in [-0.4, -0.2) is 10.2 Å². The third-order valence-electron chi connectivity index (χ3n) is 3.31. The minimum absolute atomic E-state index is 0.0101. The summed E-state index contributed by atoms with van der Waals surface area (Å²) in [4.78, 5) is 0. The molecular formula is C16H18O2. The van der Waals surface area contributed by atoms with Crippen LogP contribution in [0.2, 0.25) is 0 Å². The van der Waals surface area contributed by atoms with E-state index in [0.717, 1.165) is 33.4 Å². The Kier molecular flexibility index (Phi) is 3.80. The third kappa shape index (κ3) is 2.17. The zero-order chi connectivity index (χ0) is 13.1. The summed E-state index contributed by atoms with van der Waals surface area (Å²) in [5.41, 5.74) is 6.12. The van der Waals surface area contributed by atoms with Crippen LogP contribution in [0.1, 0.15) is 22.3 Å². The molecule has 0 aliphatic carbocycles. The normalized spacial score (nSPS) is 10.7. The molecule has 0 fully saturated rings. The largest absolute Gasteiger partial charge is 0.392 e. The van der Waals surface area contributed by atoms with Crippen LogP contribution in [0.25, 0.3) is 11.1 Å². The van der Waals surface area contributed by atoms with Crippen molar-refractivity contribution >= 4 is 0 Å². The van der Waals surface area contributed by atoms with Crippen LogP contribution >= 0.6 is 0 Å². The van der Waals surface area contributed by atoms with Gasteiger partial charge in [-0.05, 0) is 47.2 Å². The van der Waals surface area contributed by atoms with Crippen molar-refractivity contribution in [2.24, 2.45) is 0 Å². The molecule has 2 rings (SSSR count). The molecule has 2 aromatic rings. The molecule has 0 aliphatic rings. The fraction of sp³-hybridized carbons (Fsp3) is 0.250. The second kappa shape index (κ2) is 5.34. The van der Waals surface area contributed by atoms with E-state index in [1.165, 1.54) is 0 Å². The van der Waals surface area contributed by atoms with Gasteiger partial charge in [0.2, 0.25) is 0 Å². The molecule has 0 atom stereocenters. The Labute approximate surface area is 108 Å². The van der Waals surface area contributed by atoms with Gasteiger partial charge in [0.15, 0.2) is 0 Å². The predicted octanol–water partition coefficient (Wildman–Crippen LogP) is 2.96. The lowest BCUT2D eigenvalue weighted by atomic mass is 9.89. The Balaban J connectivity index is 2.76. The first-order valence-corrected chi connectivity index (χ1v) is 6.08. The molecule has 2 aromatic carbocycles. The van der Waals surface area contributed by atoms with Gasteiger partial charge in [0.25, 0.3) is 0 Å². The summed E-state index contributed by atoms with van der Waals surface area (Å²) >= 11 is 0. The fourth-order valence-corrected chi connectivity index (χ4v) is 2.44. The molecular weight excluding hydrogens is 224 g/mol. The van der Waals surface area contributed by atoms with Gasteiger partial charge in [-0.15, -0.1) is 0 Å². The monoisotopic (exact) mass is 242 g/mol. The minimum atomic E-state index is 0.0101. The zero-order valence-corrected chi connectivity index (χ0v) is 10.8. The summed E-state index contributed by atoms with van der Waals surface area (Å²) in [6.07, 6.45) is 0. The van der Waals surface area contributed by atoms with Crippen molar-refractivity contribution in [2.75, 3.05) is 0 Å². The Bertz CT molecular complexity index is 508. The van der Waals surface area contributed by atoms with Crippen molar-refractivity contribution in [1.29, 1.82) is 0 Å². The first-order chi connectivity index (χ1) is 8.69. The molecule has 0 saturated carbocycles. The minimum Gasteiger partial charge on any atom is -0.392 e. The van der Waals surface area contributed by atoms with Gasteiger partial charge < -0.3 is 10.2 Å². The summed E-state index contributed by atoms with van der Waals surface area (Å²) in [5, 5.41) is 19.0. The molecule has 0 saturated heterocycles. The van der Waals surface area contributed by atoms with Gasteiger partial charge in [-0.25, -0.2) is 0 Å². The molecule has 0 spiro atoms. The molecule has 2 nitrogen and oxygen atoms in total. The average Bonchev–Trinajstić information content (AvgIpc) is 2.38. The van der Waals surface area contributed by atoms with Crippen LogP contribution in [0, 0.1) is 13.8 Å². The second-order valence-corrected chi connectivity index (χ2v) is 4.53. The highest BCUT2D eigenvalue weighted by atomic mass is 16.3. The second-order valence-electron chi connectivity index (χ2n) is 4.53. The van der Waals surface area contributed by atoms with Crippen molar-refractivity contribution in [3.05, 3.63) is 58.7 Å². The maximum atomic E-state index is 9.50. The van der Waals surface area contributed by atoms with E-state index in [4.69, 9.17) is 0 Å². The van der Waals surface area contributed by atoms with Crippen molar-refractivity contribution < 1.29 is 10.2 Å². The molecule has 0 unspecified atom stereocenters. The lowest BCUT2D eigenvalue weighted by molar-refractivity contribution is 0.280. The van der Waals surface area contributed by atoms with Gasteiger partial charge in [0.1, 0.15) is 0 Å². The highest BCUT2D eigenvalue weighted by molar-refractivity contribution is 5.76. The van der Waals surface area contributed by atoms with E-state index in [-0.39, 0.29) is 13.2 Å². The summed E-state index contributed by atoms with van der Waals surface area (Å²) in [6.45, 7) is 4.08. The quantitative estimate of drug-likeness (QED) is 0.868. The van der Waals surface area contributed by atoms with E-state index < -0.39 is 0 Å². The number of aryl methyl sites for hydroxylation is 2. The SMILES string of the molecule is Cc1cccc(CO)c1-c1c(C)cccc1CO. The Morgan fingerprint density at radius 3 is 1.44 bits per heavy atom. The van der Waals surface area contributed by atoms with Gasteiger partial charge in [0.05, 0.1) is 13.2 Å². The van der Waals surface area contributed by atoms with E-state index in [0.29, 0.717) is 0 Å². The van der Waals surface area contributed by atoms with Crippen molar-refractivity contribution in [3.8, 4) is 11.1 Å². The molecule has 0 amide bonds.